The molecule has 0 spiro atoms. The van der Waals surface area contributed by atoms with Crippen molar-refractivity contribution >= 4 is 0 Å². The summed E-state index contributed by atoms with van der Waals surface area (Å²) in [6, 6.07) is 13.4. The van der Waals surface area contributed by atoms with Crippen LogP contribution < -0.4 is 14.2 Å². The van der Waals surface area contributed by atoms with Gasteiger partial charge in [0.15, 0.2) is 11.5 Å². The zero-order valence-corrected chi connectivity index (χ0v) is 14.6. The molecule has 0 aliphatic carbocycles. The molecule has 0 aromatic heterocycles. The van der Waals surface area contributed by atoms with Gasteiger partial charge in [-0.15, -0.1) is 0 Å². The SMILES string of the molecule is COc1ccc(C#N)cc1OCCOc1cc(C)ccc1C(C)C. The fourth-order valence-corrected chi connectivity index (χ4v) is 2.41. The Morgan fingerprint density at radius 3 is 2.29 bits per heavy atom. The highest BCUT2D eigenvalue weighted by molar-refractivity contribution is 5.46. The lowest BCUT2D eigenvalue weighted by atomic mass is 10.0. The normalized spacial score (nSPS) is 10.3. The zero-order valence-electron chi connectivity index (χ0n) is 14.6. The van der Waals surface area contributed by atoms with E-state index in [4.69, 9.17) is 19.5 Å². The minimum absolute atomic E-state index is 0.372. The second-order valence-corrected chi connectivity index (χ2v) is 5.87. The molecule has 4 heteroatoms. The van der Waals surface area contributed by atoms with E-state index in [0.717, 1.165) is 5.75 Å². The maximum atomic E-state index is 8.98. The fraction of sp³-hybridized carbons (Fsp3) is 0.350. The number of methoxy groups -OCH3 is 1. The summed E-state index contributed by atoms with van der Waals surface area (Å²) < 4.78 is 16.9. The summed E-state index contributed by atoms with van der Waals surface area (Å²) in [4.78, 5) is 0. The lowest BCUT2D eigenvalue weighted by Gasteiger charge is -2.16. The van der Waals surface area contributed by atoms with Crippen LogP contribution in [0.4, 0.5) is 0 Å². The Labute approximate surface area is 143 Å². The Bertz CT molecular complexity index is 728. The van der Waals surface area contributed by atoms with Gasteiger partial charge in [-0.05, 0) is 42.2 Å². The summed E-state index contributed by atoms with van der Waals surface area (Å²) >= 11 is 0. The molecule has 2 aromatic rings. The molecule has 0 heterocycles. The van der Waals surface area contributed by atoms with Crippen molar-refractivity contribution in [1.29, 1.82) is 5.26 Å². The van der Waals surface area contributed by atoms with Gasteiger partial charge in [0.1, 0.15) is 19.0 Å². The molecule has 0 atom stereocenters. The van der Waals surface area contributed by atoms with Crippen molar-refractivity contribution in [3.05, 3.63) is 53.1 Å². The Morgan fingerprint density at radius 1 is 0.958 bits per heavy atom. The average Bonchev–Trinajstić information content (AvgIpc) is 2.58. The molecule has 24 heavy (non-hydrogen) atoms. The van der Waals surface area contributed by atoms with Crippen molar-refractivity contribution in [2.75, 3.05) is 20.3 Å². The number of aryl methyl sites for hydroxylation is 1. The Kier molecular flexibility index (Phi) is 6.08. The topological polar surface area (TPSA) is 51.5 Å². The summed E-state index contributed by atoms with van der Waals surface area (Å²) in [6.07, 6.45) is 0. The van der Waals surface area contributed by atoms with E-state index in [1.807, 2.05) is 13.0 Å². The van der Waals surface area contributed by atoms with Gasteiger partial charge in [-0.25, -0.2) is 0 Å². The third-order valence-corrected chi connectivity index (χ3v) is 3.68. The monoisotopic (exact) mass is 325 g/mol. The molecule has 0 radical (unpaired) electrons. The van der Waals surface area contributed by atoms with Crippen molar-refractivity contribution in [1.82, 2.24) is 0 Å². The lowest BCUT2D eigenvalue weighted by Crippen LogP contribution is -2.11. The zero-order chi connectivity index (χ0) is 17.5. The first-order valence-electron chi connectivity index (χ1n) is 7.99. The first-order valence-corrected chi connectivity index (χ1v) is 7.99. The smallest absolute Gasteiger partial charge is 0.162 e. The maximum absolute atomic E-state index is 8.98. The molecular formula is C20H23NO3. The second-order valence-electron chi connectivity index (χ2n) is 5.87. The summed E-state index contributed by atoms with van der Waals surface area (Å²) in [5.74, 6) is 2.45. The van der Waals surface area contributed by atoms with Gasteiger partial charge in [-0.2, -0.15) is 5.26 Å². The van der Waals surface area contributed by atoms with Crippen LogP contribution in [0.25, 0.3) is 0 Å². The molecular weight excluding hydrogens is 302 g/mol. The third-order valence-electron chi connectivity index (χ3n) is 3.68. The summed E-state index contributed by atoms with van der Waals surface area (Å²) in [5.41, 5.74) is 2.89. The van der Waals surface area contributed by atoms with Crippen LogP contribution in [0.3, 0.4) is 0 Å². The molecule has 0 bridgehead atoms. The van der Waals surface area contributed by atoms with E-state index in [2.05, 4.69) is 32.0 Å². The Morgan fingerprint density at radius 2 is 1.67 bits per heavy atom. The highest BCUT2D eigenvalue weighted by Crippen LogP contribution is 2.29. The molecule has 0 saturated heterocycles. The van der Waals surface area contributed by atoms with Crippen molar-refractivity contribution in [2.45, 2.75) is 26.7 Å². The van der Waals surface area contributed by atoms with E-state index in [0.29, 0.717) is 36.2 Å². The second kappa shape index (κ2) is 8.26. The summed E-state index contributed by atoms with van der Waals surface area (Å²) in [6.45, 7) is 7.13. The summed E-state index contributed by atoms with van der Waals surface area (Å²) in [5, 5.41) is 8.98. The quantitative estimate of drug-likeness (QED) is 0.705. The van der Waals surface area contributed by atoms with E-state index in [9.17, 15) is 0 Å². The van der Waals surface area contributed by atoms with Crippen LogP contribution >= 0.6 is 0 Å². The minimum atomic E-state index is 0.372. The summed E-state index contributed by atoms with van der Waals surface area (Å²) in [7, 11) is 1.58. The fourth-order valence-electron chi connectivity index (χ4n) is 2.41. The van der Waals surface area contributed by atoms with Gasteiger partial charge in [0.05, 0.1) is 18.7 Å². The standard InChI is InChI=1S/C20H23NO3/c1-14(2)17-7-5-15(3)11-19(17)23-9-10-24-20-12-16(13-21)6-8-18(20)22-4/h5-8,11-12,14H,9-10H2,1-4H3. The number of nitrogens with zero attached hydrogens (tertiary/aromatic N) is 1. The van der Waals surface area contributed by atoms with Crippen LogP contribution in [0.1, 0.15) is 36.5 Å². The molecule has 2 aromatic carbocycles. The van der Waals surface area contributed by atoms with Crippen LogP contribution in [0.2, 0.25) is 0 Å². The van der Waals surface area contributed by atoms with Crippen molar-refractivity contribution in [3.63, 3.8) is 0 Å². The van der Waals surface area contributed by atoms with E-state index in [-0.39, 0.29) is 0 Å². The molecule has 0 amide bonds. The van der Waals surface area contributed by atoms with Crippen LogP contribution in [-0.2, 0) is 0 Å². The number of rotatable bonds is 7. The number of nitriles is 1. The molecule has 4 nitrogen and oxygen atoms in total. The first kappa shape index (κ1) is 17.7. The third kappa shape index (κ3) is 4.42. The Hall–Kier alpha value is -2.67. The van der Waals surface area contributed by atoms with Crippen LogP contribution in [-0.4, -0.2) is 20.3 Å². The van der Waals surface area contributed by atoms with Crippen molar-refractivity contribution < 1.29 is 14.2 Å². The lowest BCUT2D eigenvalue weighted by molar-refractivity contribution is 0.209. The van der Waals surface area contributed by atoms with Gasteiger partial charge >= 0.3 is 0 Å². The van der Waals surface area contributed by atoms with E-state index in [1.165, 1.54) is 11.1 Å². The van der Waals surface area contributed by atoms with Crippen LogP contribution in [0.15, 0.2) is 36.4 Å². The van der Waals surface area contributed by atoms with Gasteiger partial charge in [0.25, 0.3) is 0 Å². The predicted octanol–water partition coefficient (Wildman–Crippen LogP) is 4.46. The minimum Gasteiger partial charge on any atom is -0.493 e. The van der Waals surface area contributed by atoms with E-state index >= 15 is 0 Å². The highest BCUT2D eigenvalue weighted by atomic mass is 16.5. The molecule has 0 saturated carbocycles. The molecule has 0 aliphatic rings. The molecule has 0 fully saturated rings. The average molecular weight is 325 g/mol. The molecule has 0 N–H and O–H groups in total. The number of benzene rings is 2. The van der Waals surface area contributed by atoms with Gasteiger partial charge in [0.2, 0.25) is 0 Å². The first-order chi connectivity index (χ1) is 11.5. The van der Waals surface area contributed by atoms with Gasteiger partial charge in [0, 0.05) is 6.07 Å². The largest absolute Gasteiger partial charge is 0.493 e. The van der Waals surface area contributed by atoms with Gasteiger partial charge < -0.3 is 14.2 Å². The van der Waals surface area contributed by atoms with Crippen LogP contribution in [0, 0.1) is 18.3 Å². The van der Waals surface area contributed by atoms with Crippen molar-refractivity contribution in [3.8, 4) is 23.3 Å². The Balaban J connectivity index is 1.99. The maximum Gasteiger partial charge on any atom is 0.162 e. The molecule has 126 valence electrons. The number of hydrogen-bond donors (Lipinski definition) is 0. The molecule has 2 rings (SSSR count). The van der Waals surface area contributed by atoms with E-state index in [1.54, 1.807) is 25.3 Å². The van der Waals surface area contributed by atoms with Crippen molar-refractivity contribution in [2.24, 2.45) is 0 Å². The number of ether oxygens (including phenoxy) is 3. The van der Waals surface area contributed by atoms with Gasteiger partial charge in [-0.1, -0.05) is 26.0 Å². The highest BCUT2D eigenvalue weighted by Gasteiger charge is 2.09. The number of hydrogen-bond acceptors (Lipinski definition) is 4. The molecule has 0 unspecified atom stereocenters. The molecule has 0 aliphatic heterocycles. The van der Waals surface area contributed by atoms with Gasteiger partial charge in [-0.3, -0.25) is 0 Å². The predicted molar refractivity (Wildman–Crippen MR) is 94.0 cm³/mol. The van der Waals surface area contributed by atoms with Crippen LogP contribution in [0.5, 0.6) is 17.2 Å². The van der Waals surface area contributed by atoms with E-state index < -0.39 is 0 Å².